The fourth-order valence-corrected chi connectivity index (χ4v) is 4.48. The summed E-state index contributed by atoms with van der Waals surface area (Å²) in [7, 11) is 0. The fourth-order valence-electron chi connectivity index (χ4n) is 4.48. The van der Waals surface area contributed by atoms with Gasteiger partial charge < -0.3 is 0 Å². The van der Waals surface area contributed by atoms with Crippen molar-refractivity contribution in [3.05, 3.63) is 82.4 Å². The number of benzene rings is 5. The first-order valence-electron chi connectivity index (χ1n) is 9.59. The van der Waals surface area contributed by atoms with E-state index < -0.39 is 0 Å². The van der Waals surface area contributed by atoms with Crippen LogP contribution in [-0.2, 0) is 0 Å². The van der Waals surface area contributed by atoms with Gasteiger partial charge >= 0.3 is 0 Å². The van der Waals surface area contributed by atoms with Crippen molar-refractivity contribution in [2.45, 2.75) is 0 Å². The number of hydrogen-bond acceptors (Lipinski definition) is 5. The summed E-state index contributed by atoms with van der Waals surface area (Å²) in [4.78, 5) is 0. The highest BCUT2D eigenvalue weighted by atomic mass is 14.3. The van der Waals surface area contributed by atoms with Gasteiger partial charge in [0.2, 0.25) is 0 Å². The van der Waals surface area contributed by atoms with Crippen LogP contribution in [0.3, 0.4) is 0 Å². The predicted octanol–water partition coefficient (Wildman–Crippen LogP) is 5.66. The van der Waals surface area contributed by atoms with Crippen LogP contribution in [0.5, 0.6) is 0 Å². The van der Waals surface area contributed by atoms with Crippen LogP contribution in [0.25, 0.3) is 43.1 Å². The largest absolute Gasteiger partial charge is 0.192 e. The van der Waals surface area contributed by atoms with E-state index in [1.165, 1.54) is 0 Å². The molecule has 0 saturated heterocycles. The minimum atomic E-state index is 0.0328. The third-order valence-corrected chi connectivity index (χ3v) is 5.83. The van der Waals surface area contributed by atoms with E-state index in [4.69, 9.17) is 0 Å². The van der Waals surface area contributed by atoms with Gasteiger partial charge in [0.05, 0.1) is 27.8 Å². The average Bonchev–Trinajstić information content (AvgIpc) is 2.85. The third-order valence-electron chi connectivity index (χ3n) is 5.83. The highest BCUT2D eigenvalue weighted by molar-refractivity contribution is 6.32. The molecule has 0 aliphatic rings. The second kappa shape index (κ2) is 6.83. The van der Waals surface area contributed by atoms with Crippen LogP contribution in [0.15, 0.2) is 54.6 Å². The Hall–Kier alpha value is -5.41. The van der Waals surface area contributed by atoms with Crippen molar-refractivity contribution >= 4 is 43.1 Å². The van der Waals surface area contributed by atoms with Crippen molar-refractivity contribution in [1.82, 2.24) is 0 Å². The molecule has 0 saturated carbocycles. The molecule has 5 heteroatoms. The molecule has 5 nitrogen and oxygen atoms in total. The Labute approximate surface area is 182 Å². The summed E-state index contributed by atoms with van der Waals surface area (Å²) in [5.74, 6) is 0. The molecule has 0 fully saturated rings. The molecule has 142 valence electrons. The second-order valence-corrected chi connectivity index (χ2v) is 7.31. The van der Waals surface area contributed by atoms with Crippen molar-refractivity contribution < 1.29 is 0 Å². The van der Waals surface area contributed by atoms with Crippen molar-refractivity contribution in [1.29, 1.82) is 26.3 Å². The van der Waals surface area contributed by atoms with Crippen LogP contribution in [-0.4, -0.2) is 0 Å². The Balaban J connectivity index is 2.26. The standard InChI is InChI=1S/C27H9N5/c28-10-16-7-21-22(8-17(16)11-29)26-19-4-2-1-3-15(19)5-6-20(26)27-23(21)9-18(12-30)24(13-31)25(27)14-32/h1-9H. The highest BCUT2D eigenvalue weighted by Crippen LogP contribution is 2.42. The lowest BCUT2D eigenvalue weighted by Crippen LogP contribution is -1.96. The minimum Gasteiger partial charge on any atom is -0.192 e. The normalized spacial score (nSPS) is 10.3. The third kappa shape index (κ3) is 2.33. The van der Waals surface area contributed by atoms with E-state index in [-0.39, 0.29) is 27.8 Å². The van der Waals surface area contributed by atoms with Crippen LogP contribution in [0.4, 0.5) is 0 Å². The molecular formula is C27H9N5. The molecule has 0 radical (unpaired) electrons. The van der Waals surface area contributed by atoms with Gasteiger partial charge in [-0.1, -0.05) is 36.4 Å². The lowest BCUT2D eigenvalue weighted by atomic mass is 9.85. The molecule has 32 heavy (non-hydrogen) atoms. The van der Waals surface area contributed by atoms with Gasteiger partial charge in [0.1, 0.15) is 30.3 Å². The van der Waals surface area contributed by atoms with Gasteiger partial charge in [0.25, 0.3) is 0 Å². The van der Waals surface area contributed by atoms with Gasteiger partial charge in [-0.3, -0.25) is 0 Å². The van der Waals surface area contributed by atoms with Crippen molar-refractivity contribution in [2.75, 3.05) is 0 Å². The zero-order valence-corrected chi connectivity index (χ0v) is 16.4. The Morgan fingerprint density at radius 1 is 0.438 bits per heavy atom. The summed E-state index contributed by atoms with van der Waals surface area (Å²) in [5.41, 5.74) is 0.725. The Morgan fingerprint density at radius 2 is 1.03 bits per heavy atom. The molecule has 0 unspecified atom stereocenters. The highest BCUT2D eigenvalue weighted by Gasteiger charge is 2.20. The molecule has 0 spiro atoms. The zero-order chi connectivity index (χ0) is 22.4. The summed E-state index contributed by atoms with van der Waals surface area (Å²) in [6.45, 7) is 0. The summed E-state index contributed by atoms with van der Waals surface area (Å²) in [6, 6.07) is 26.9. The van der Waals surface area contributed by atoms with Gasteiger partial charge in [0, 0.05) is 5.39 Å². The number of hydrogen-bond donors (Lipinski definition) is 0. The quantitative estimate of drug-likeness (QED) is 0.309. The van der Waals surface area contributed by atoms with Crippen LogP contribution >= 0.6 is 0 Å². The maximum Gasteiger partial charge on any atom is 0.102 e. The molecule has 0 bridgehead atoms. The van der Waals surface area contributed by atoms with Crippen LogP contribution in [0.1, 0.15) is 27.8 Å². The number of fused-ring (bicyclic) bond motifs is 8. The SMILES string of the molecule is N#Cc1cc2c3cc(C#N)c(C#N)c(C#N)c3c3ccc4ccccc4c3c2cc1C#N. The molecule has 5 aromatic rings. The Kier molecular flexibility index (Phi) is 3.97. The molecule has 0 aliphatic carbocycles. The summed E-state index contributed by atoms with van der Waals surface area (Å²) >= 11 is 0. The van der Waals surface area contributed by atoms with Crippen LogP contribution in [0, 0.1) is 56.7 Å². The van der Waals surface area contributed by atoms with Crippen molar-refractivity contribution in [3.63, 3.8) is 0 Å². The first kappa shape index (κ1) is 18.6. The van der Waals surface area contributed by atoms with Gasteiger partial charge in [-0.2, -0.15) is 26.3 Å². The van der Waals surface area contributed by atoms with E-state index >= 15 is 0 Å². The second-order valence-electron chi connectivity index (χ2n) is 7.31. The van der Waals surface area contributed by atoms with E-state index in [0.717, 1.165) is 26.9 Å². The first-order chi connectivity index (χ1) is 15.7. The topological polar surface area (TPSA) is 119 Å². The van der Waals surface area contributed by atoms with Gasteiger partial charge in [0.15, 0.2) is 0 Å². The van der Waals surface area contributed by atoms with Crippen molar-refractivity contribution in [2.24, 2.45) is 0 Å². The maximum atomic E-state index is 9.99. The molecule has 5 rings (SSSR count). The molecule has 0 N–H and O–H groups in total. The maximum absolute atomic E-state index is 9.99. The van der Waals surface area contributed by atoms with E-state index in [9.17, 15) is 26.3 Å². The van der Waals surface area contributed by atoms with Crippen molar-refractivity contribution in [3.8, 4) is 30.3 Å². The summed E-state index contributed by atoms with van der Waals surface area (Å²) in [6.07, 6.45) is 0. The smallest absolute Gasteiger partial charge is 0.102 e. The lowest BCUT2D eigenvalue weighted by Gasteiger charge is -2.15. The Bertz CT molecular complexity index is 1870. The van der Waals surface area contributed by atoms with Gasteiger partial charge in [-0.25, -0.2) is 0 Å². The van der Waals surface area contributed by atoms with E-state index in [2.05, 4.69) is 18.2 Å². The molecule has 5 aromatic carbocycles. The van der Waals surface area contributed by atoms with Gasteiger partial charge in [-0.15, -0.1) is 0 Å². The predicted molar refractivity (Wildman–Crippen MR) is 120 cm³/mol. The lowest BCUT2D eigenvalue weighted by molar-refractivity contribution is 1.42. The molecular weight excluding hydrogens is 394 g/mol. The fraction of sp³-hybridized carbons (Fsp3) is 0. The molecule has 0 aliphatic heterocycles. The minimum absolute atomic E-state index is 0.0328. The number of nitriles is 5. The van der Waals surface area contributed by atoms with E-state index in [0.29, 0.717) is 16.2 Å². The average molecular weight is 403 g/mol. The summed E-state index contributed by atoms with van der Waals surface area (Å²) < 4.78 is 0. The molecule has 0 aromatic heterocycles. The molecule has 0 heterocycles. The van der Waals surface area contributed by atoms with Crippen LogP contribution < -0.4 is 0 Å². The first-order valence-corrected chi connectivity index (χ1v) is 9.59. The number of nitrogens with zero attached hydrogens (tertiary/aromatic N) is 5. The van der Waals surface area contributed by atoms with Crippen LogP contribution in [0.2, 0.25) is 0 Å². The zero-order valence-electron chi connectivity index (χ0n) is 16.4. The van der Waals surface area contributed by atoms with E-state index in [1.54, 1.807) is 18.2 Å². The molecule has 0 amide bonds. The van der Waals surface area contributed by atoms with Gasteiger partial charge in [-0.05, 0) is 55.9 Å². The summed E-state index contributed by atoms with van der Waals surface area (Å²) in [5, 5.41) is 54.6. The monoisotopic (exact) mass is 403 g/mol. The molecule has 0 atom stereocenters. The Morgan fingerprint density at radius 3 is 1.69 bits per heavy atom. The number of rotatable bonds is 0. The van der Waals surface area contributed by atoms with E-state index in [1.807, 2.05) is 48.5 Å².